The molecule has 0 aliphatic heterocycles. The van der Waals surface area contributed by atoms with Crippen LogP contribution in [-0.4, -0.2) is 53.4 Å². The molecule has 1 heterocycles. The number of ether oxygens (including phenoxy) is 1. The lowest BCUT2D eigenvalue weighted by atomic mass is 10.1. The lowest BCUT2D eigenvalue weighted by molar-refractivity contribution is 0.0523. The van der Waals surface area contributed by atoms with Gasteiger partial charge in [0, 0.05) is 45.1 Å². The van der Waals surface area contributed by atoms with Crippen LogP contribution in [0.15, 0.2) is 23.7 Å². The van der Waals surface area contributed by atoms with Crippen molar-refractivity contribution < 1.29 is 9.53 Å². The molecule has 162 valence electrons. The first-order valence-corrected chi connectivity index (χ1v) is 9.73. The van der Waals surface area contributed by atoms with Gasteiger partial charge in [-0.2, -0.15) is 0 Å². The summed E-state index contributed by atoms with van der Waals surface area (Å²) in [5.74, 6) is 0.743. The zero-order chi connectivity index (χ0) is 20.1. The zero-order valence-corrected chi connectivity index (χ0v) is 20.2. The number of carbonyl (C=O) groups is 1. The van der Waals surface area contributed by atoms with Gasteiger partial charge in [0.2, 0.25) is 0 Å². The first-order valence-electron chi connectivity index (χ1n) is 9.73. The van der Waals surface area contributed by atoms with Crippen molar-refractivity contribution in [2.75, 3.05) is 20.1 Å². The molecule has 0 aromatic carbocycles. The molecule has 28 heavy (non-hydrogen) atoms. The number of aliphatic imine (C=N–C) groups is 1. The van der Waals surface area contributed by atoms with E-state index in [4.69, 9.17) is 4.74 Å². The molecular weight excluding hydrogens is 471 g/mol. The zero-order valence-electron chi connectivity index (χ0n) is 17.8. The third-order valence-corrected chi connectivity index (χ3v) is 3.81. The quantitative estimate of drug-likeness (QED) is 0.196. The molecule has 0 saturated heterocycles. The highest BCUT2D eigenvalue weighted by Crippen LogP contribution is 2.07. The van der Waals surface area contributed by atoms with Crippen LogP contribution in [0, 0.1) is 0 Å². The maximum atomic E-state index is 11.9. The van der Waals surface area contributed by atoms with Crippen LogP contribution < -0.4 is 16.0 Å². The number of aryl methyl sites for hydroxylation is 1. The predicted octanol–water partition coefficient (Wildman–Crippen LogP) is 3.14. The molecule has 0 spiro atoms. The number of hydrogen-bond donors (Lipinski definition) is 3. The van der Waals surface area contributed by atoms with Crippen LogP contribution in [0.1, 0.15) is 53.4 Å². The van der Waals surface area contributed by atoms with E-state index >= 15 is 0 Å². The first kappa shape index (κ1) is 26.5. The molecule has 0 radical (unpaired) electrons. The number of unbranched alkanes of at least 4 members (excludes halogenated alkanes) is 1. The maximum Gasteiger partial charge on any atom is 0.407 e. The Morgan fingerprint density at radius 2 is 2.04 bits per heavy atom. The highest BCUT2D eigenvalue weighted by Gasteiger charge is 2.18. The van der Waals surface area contributed by atoms with Crippen LogP contribution in [0.25, 0.3) is 0 Å². The maximum absolute atomic E-state index is 11.9. The molecule has 3 N–H and O–H groups in total. The Kier molecular flexibility index (Phi) is 13.7. The highest BCUT2D eigenvalue weighted by atomic mass is 127. The average molecular weight is 508 g/mol. The molecule has 0 bridgehead atoms. The molecule has 9 heteroatoms. The highest BCUT2D eigenvalue weighted by molar-refractivity contribution is 14.0. The molecule has 1 unspecified atom stereocenters. The fourth-order valence-corrected chi connectivity index (χ4v) is 2.47. The normalized spacial score (nSPS) is 12.7. The van der Waals surface area contributed by atoms with Crippen molar-refractivity contribution >= 4 is 36.0 Å². The van der Waals surface area contributed by atoms with E-state index < -0.39 is 11.7 Å². The minimum absolute atomic E-state index is 0. The third kappa shape index (κ3) is 12.8. The van der Waals surface area contributed by atoms with Gasteiger partial charge >= 0.3 is 6.09 Å². The number of halogens is 1. The summed E-state index contributed by atoms with van der Waals surface area (Å²) in [6, 6.07) is 0.0947. The van der Waals surface area contributed by atoms with E-state index in [1.54, 1.807) is 13.2 Å². The van der Waals surface area contributed by atoms with Crippen LogP contribution in [0.5, 0.6) is 0 Å². The number of rotatable bonds is 10. The predicted molar refractivity (Wildman–Crippen MR) is 124 cm³/mol. The first-order chi connectivity index (χ1) is 12.8. The van der Waals surface area contributed by atoms with E-state index in [1.165, 1.54) is 0 Å². The van der Waals surface area contributed by atoms with E-state index in [-0.39, 0.29) is 30.0 Å². The van der Waals surface area contributed by atoms with Crippen LogP contribution in [0.4, 0.5) is 4.79 Å². The van der Waals surface area contributed by atoms with Crippen LogP contribution >= 0.6 is 24.0 Å². The Morgan fingerprint density at radius 1 is 1.29 bits per heavy atom. The summed E-state index contributed by atoms with van der Waals surface area (Å²) in [6.07, 6.45) is 9.24. The Balaban J connectivity index is 0.00000729. The summed E-state index contributed by atoms with van der Waals surface area (Å²) in [7, 11) is 1.75. The van der Waals surface area contributed by atoms with Crippen molar-refractivity contribution in [3.63, 3.8) is 0 Å². The van der Waals surface area contributed by atoms with Gasteiger partial charge in [0.25, 0.3) is 0 Å². The molecular formula is C19H37IN6O2. The van der Waals surface area contributed by atoms with Crippen molar-refractivity contribution in [3.8, 4) is 0 Å². The molecule has 0 aliphatic rings. The number of amides is 1. The minimum atomic E-state index is -0.497. The Labute approximate surface area is 186 Å². The molecule has 1 amide bonds. The van der Waals surface area contributed by atoms with Gasteiger partial charge in [-0.15, -0.1) is 24.0 Å². The van der Waals surface area contributed by atoms with Crippen LogP contribution in [0.2, 0.25) is 0 Å². The molecule has 8 nitrogen and oxygen atoms in total. The van der Waals surface area contributed by atoms with Crippen LogP contribution in [-0.2, 0) is 11.3 Å². The second-order valence-electron chi connectivity index (χ2n) is 7.52. The average Bonchev–Trinajstić information content (AvgIpc) is 3.11. The summed E-state index contributed by atoms with van der Waals surface area (Å²) < 4.78 is 7.36. The van der Waals surface area contributed by atoms with Gasteiger partial charge in [-0.05, 0) is 33.6 Å². The molecule has 1 aromatic rings. The monoisotopic (exact) mass is 508 g/mol. The number of carbonyl (C=O) groups excluding carboxylic acids is 1. The van der Waals surface area contributed by atoms with E-state index in [0.29, 0.717) is 6.54 Å². The Morgan fingerprint density at radius 3 is 2.61 bits per heavy atom. The number of imidazole rings is 1. The lowest BCUT2D eigenvalue weighted by Crippen LogP contribution is -2.49. The largest absolute Gasteiger partial charge is 0.444 e. The SMILES string of the molecule is CCCCC(CNC(=O)OC(C)(C)C)NC(=NC)NCCCn1ccnc1.I. The summed E-state index contributed by atoms with van der Waals surface area (Å²) in [5, 5.41) is 9.57. The summed E-state index contributed by atoms with van der Waals surface area (Å²) in [6.45, 7) is 9.92. The molecule has 0 aliphatic carbocycles. The lowest BCUT2D eigenvalue weighted by Gasteiger charge is -2.24. The van der Waals surface area contributed by atoms with Gasteiger partial charge in [0.15, 0.2) is 5.96 Å². The van der Waals surface area contributed by atoms with Gasteiger partial charge < -0.3 is 25.3 Å². The number of alkyl carbamates (subject to hydrolysis) is 1. The fraction of sp³-hybridized carbons (Fsp3) is 0.737. The number of nitrogens with one attached hydrogen (secondary N) is 3. The number of nitrogens with zero attached hydrogens (tertiary/aromatic N) is 3. The summed E-state index contributed by atoms with van der Waals surface area (Å²) in [5.41, 5.74) is -0.497. The fourth-order valence-electron chi connectivity index (χ4n) is 2.47. The van der Waals surface area contributed by atoms with Gasteiger partial charge in [-0.25, -0.2) is 9.78 Å². The second-order valence-corrected chi connectivity index (χ2v) is 7.52. The van der Waals surface area contributed by atoms with E-state index in [1.807, 2.05) is 37.9 Å². The Hall–Kier alpha value is -1.52. The van der Waals surface area contributed by atoms with Crippen molar-refractivity contribution in [2.45, 2.75) is 71.6 Å². The Bertz CT molecular complexity index is 557. The molecule has 0 fully saturated rings. The second kappa shape index (κ2) is 14.5. The molecule has 1 atom stereocenters. The smallest absolute Gasteiger partial charge is 0.407 e. The van der Waals surface area contributed by atoms with Gasteiger partial charge in [-0.3, -0.25) is 4.99 Å². The number of hydrogen-bond acceptors (Lipinski definition) is 4. The van der Waals surface area contributed by atoms with E-state index in [2.05, 4.69) is 32.9 Å². The van der Waals surface area contributed by atoms with Crippen molar-refractivity contribution in [1.29, 1.82) is 0 Å². The molecule has 1 rings (SSSR count). The molecule has 1 aromatic heterocycles. The van der Waals surface area contributed by atoms with E-state index in [9.17, 15) is 4.79 Å². The van der Waals surface area contributed by atoms with Gasteiger partial charge in [-0.1, -0.05) is 19.8 Å². The summed E-state index contributed by atoms with van der Waals surface area (Å²) in [4.78, 5) is 20.2. The van der Waals surface area contributed by atoms with Crippen molar-refractivity contribution in [3.05, 3.63) is 18.7 Å². The number of guanidine groups is 1. The minimum Gasteiger partial charge on any atom is -0.444 e. The van der Waals surface area contributed by atoms with Crippen molar-refractivity contribution in [1.82, 2.24) is 25.5 Å². The number of aromatic nitrogens is 2. The van der Waals surface area contributed by atoms with E-state index in [0.717, 1.165) is 44.7 Å². The summed E-state index contributed by atoms with van der Waals surface area (Å²) >= 11 is 0. The topological polar surface area (TPSA) is 92.6 Å². The van der Waals surface area contributed by atoms with Crippen LogP contribution in [0.3, 0.4) is 0 Å². The van der Waals surface area contributed by atoms with Gasteiger partial charge in [0.1, 0.15) is 5.60 Å². The van der Waals surface area contributed by atoms with Gasteiger partial charge in [0.05, 0.1) is 6.33 Å². The third-order valence-electron chi connectivity index (χ3n) is 3.81. The molecule has 0 saturated carbocycles. The van der Waals surface area contributed by atoms with Crippen molar-refractivity contribution in [2.24, 2.45) is 4.99 Å². The standard InChI is InChI=1S/C19H36N6O2.HI/c1-6-7-9-16(14-23-18(26)27-19(2,3)4)24-17(20-5)22-10-8-12-25-13-11-21-15-25;/h11,13,15-16H,6-10,12,14H2,1-5H3,(H,23,26)(H2,20,22,24);1H.